The molecule has 0 aromatic carbocycles. The molecule has 1 fully saturated rings. The van der Waals surface area contributed by atoms with Crippen molar-refractivity contribution in [3.63, 3.8) is 0 Å². The van der Waals surface area contributed by atoms with E-state index in [1.807, 2.05) is 16.4 Å². The van der Waals surface area contributed by atoms with Crippen LogP contribution < -0.4 is 0 Å². The second kappa shape index (κ2) is 5.22. The Kier molecular flexibility index (Phi) is 3.85. The zero-order valence-corrected chi connectivity index (χ0v) is 12.0. The number of aromatic amines is 1. The molecule has 1 amide bonds. The van der Waals surface area contributed by atoms with Gasteiger partial charge in [-0.05, 0) is 32.0 Å². The third-order valence-electron chi connectivity index (χ3n) is 3.41. The minimum absolute atomic E-state index is 0.145. The number of rotatable bonds is 3. The first-order valence-corrected chi connectivity index (χ1v) is 6.88. The molecule has 1 aromatic heterocycles. The van der Waals surface area contributed by atoms with Crippen molar-refractivity contribution in [1.29, 1.82) is 0 Å². The van der Waals surface area contributed by atoms with Crippen LogP contribution in [0, 0.1) is 4.77 Å². The summed E-state index contributed by atoms with van der Waals surface area (Å²) >= 11 is 5.24. The first-order valence-electron chi connectivity index (χ1n) is 6.48. The van der Waals surface area contributed by atoms with E-state index in [0.717, 1.165) is 31.8 Å². The monoisotopic (exact) mass is 268 g/mol. The second-order valence-electron chi connectivity index (χ2n) is 5.12. The molecule has 1 saturated heterocycles. The maximum Gasteiger partial charge on any atom is 0.245 e. The molecule has 5 nitrogen and oxygen atoms in total. The predicted octanol–water partition coefficient (Wildman–Crippen LogP) is 2.25. The highest BCUT2D eigenvalue weighted by Gasteiger charge is 2.27. The largest absolute Gasteiger partial charge is 0.341 e. The molecule has 1 aromatic rings. The average molecular weight is 268 g/mol. The summed E-state index contributed by atoms with van der Waals surface area (Å²) in [7, 11) is 0. The number of carbonyl (C=O) groups excluding carboxylic acids is 1. The van der Waals surface area contributed by atoms with Gasteiger partial charge in [0.2, 0.25) is 5.91 Å². The average Bonchev–Trinajstić information content (AvgIpc) is 2.95. The van der Waals surface area contributed by atoms with Crippen LogP contribution in [0.3, 0.4) is 0 Å². The molecule has 1 atom stereocenters. The van der Waals surface area contributed by atoms with Gasteiger partial charge in [-0.2, -0.15) is 5.10 Å². The fourth-order valence-electron chi connectivity index (χ4n) is 2.41. The van der Waals surface area contributed by atoms with E-state index in [1.165, 1.54) is 0 Å². The Hall–Kier alpha value is -1.17. The highest BCUT2D eigenvalue weighted by atomic mass is 32.1. The smallest absolute Gasteiger partial charge is 0.245 e. The molecule has 2 rings (SSSR count). The third kappa shape index (κ3) is 2.34. The Morgan fingerprint density at radius 3 is 2.50 bits per heavy atom. The summed E-state index contributed by atoms with van der Waals surface area (Å²) in [5, 5.41) is 7.01. The van der Waals surface area contributed by atoms with E-state index in [-0.39, 0.29) is 17.9 Å². The van der Waals surface area contributed by atoms with Gasteiger partial charge in [-0.1, -0.05) is 13.8 Å². The molecule has 1 aliphatic heterocycles. The molecule has 0 saturated carbocycles. The van der Waals surface area contributed by atoms with E-state index in [1.54, 1.807) is 0 Å². The van der Waals surface area contributed by atoms with Crippen LogP contribution in [-0.4, -0.2) is 38.7 Å². The van der Waals surface area contributed by atoms with Crippen LogP contribution in [0.5, 0.6) is 0 Å². The Bertz CT molecular complexity index is 485. The van der Waals surface area contributed by atoms with Crippen molar-refractivity contribution in [3.05, 3.63) is 10.6 Å². The summed E-state index contributed by atoms with van der Waals surface area (Å²) < 4.78 is 2.37. The summed E-state index contributed by atoms with van der Waals surface area (Å²) in [5.41, 5.74) is 0. The highest BCUT2D eigenvalue weighted by molar-refractivity contribution is 7.71. The van der Waals surface area contributed by atoms with Gasteiger partial charge in [0.25, 0.3) is 0 Å². The third-order valence-corrected chi connectivity index (χ3v) is 3.70. The molecule has 2 heterocycles. The van der Waals surface area contributed by atoms with Gasteiger partial charge in [0.1, 0.15) is 11.9 Å². The van der Waals surface area contributed by atoms with Crippen molar-refractivity contribution in [2.75, 3.05) is 13.1 Å². The van der Waals surface area contributed by atoms with Crippen molar-refractivity contribution in [1.82, 2.24) is 19.7 Å². The summed E-state index contributed by atoms with van der Waals surface area (Å²) in [5.74, 6) is 1.23. The van der Waals surface area contributed by atoms with E-state index in [2.05, 4.69) is 24.0 Å². The van der Waals surface area contributed by atoms with Crippen molar-refractivity contribution in [2.24, 2.45) is 0 Å². The van der Waals surface area contributed by atoms with Crippen LogP contribution in [0.25, 0.3) is 0 Å². The van der Waals surface area contributed by atoms with Crippen LogP contribution >= 0.6 is 12.2 Å². The zero-order valence-electron chi connectivity index (χ0n) is 11.1. The molecule has 6 heteroatoms. The molecule has 0 bridgehead atoms. The van der Waals surface area contributed by atoms with Gasteiger partial charge in [0, 0.05) is 19.0 Å². The highest BCUT2D eigenvalue weighted by Crippen LogP contribution is 2.20. The van der Waals surface area contributed by atoms with Gasteiger partial charge >= 0.3 is 0 Å². The van der Waals surface area contributed by atoms with Gasteiger partial charge in [0.15, 0.2) is 4.77 Å². The van der Waals surface area contributed by atoms with Crippen LogP contribution in [0.4, 0.5) is 0 Å². The number of hydrogen-bond donors (Lipinski definition) is 1. The standard InChI is InChI=1S/C12H20N4OS/c1-8(2)10-13-14-12(18)16(10)9(3)11(17)15-6-4-5-7-15/h8-9H,4-7H2,1-3H3,(H,14,18). The molecule has 0 aliphatic carbocycles. The number of H-pyrrole nitrogens is 1. The van der Waals surface area contributed by atoms with Gasteiger partial charge in [-0.3, -0.25) is 14.5 Å². The normalized spacial score (nSPS) is 17.4. The number of amides is 1. The summed E-state index contributed by atoms with van der Waals surface area (Å²) in [6, 6.07) is -0.272. The van der Waals surface area contributed by atoms with Crippen molar-refractivity contribution < 1.29 is 4.79 Å². The predicted molar refractivity (Wildman–Crippen MR) is 72.0 cm³/mol. The first kappa shape index (κ1) is 13.3. The minimum Gasteiger partial charge on any atom is -0.341 e. The lowest BCUT2D eigenvalue weighted by Gasteiger charge is -2.22. The molecule has 18 heavy (non-hydrogen) atoms. The van der Waals surface area contributed by atoms with E-state index >= 15 is 0 Å². The molecule has 100 valence electrons. The summed E-state index contributed by atoms with van der Waals surface area (Å²) in [6.07, 6.45) is 2.21. The number of carbonyl (C=O) groups is 1. The maximum atomic E-state index is 12.4. The fraction of sp³-hybridized carbons (Fsp3) is 0.750. The van der Waals surface area contributed by atoms with E-state index < -0.39 is 0 Å². The maximum absolute atomic E-state index is 12.4. The molecular formula is C12H20N4OS. The van der Waals surface area contributed by atoms with Crippen molar-refractivity contribution in [3.8, 4) is 0 Å². The Balaban J connectivity index is 2.27. The number of likely N-dealkylation sites (tertiary alicyclic amines) is 1. The lowest BCUT2D eigenvalue weighted by molar-refractivity contribution is -0.133. The molecule has 0 spiro atoms. The second-order valence-corrected chi connectivity index (χ2v) is 5.51. The molecule has 0 radical (unpaired) electrons. The van der Waals surface area contributed by atoms with Gasteiger partial charge in [-0.15, -0.1) is 0 Å². The van der Waals surface area contributed by atoms with Crippen LogP contribution in [0.2, 0.25) is 0 Å². The number of nitrogens with one attached hydrogen (secondary N) is 1. The number of hydrogen-bond acceptors (Lipinski definition) is 3. The van der Waals surface area contributed by atoms with Crippen LogP contribution in [0.1, 0.15) is 51.4 Å². The quantitative estimate of drug-likeness (QED) is 0.855. The Labute approximate surface area is 112 Å². The first-order chi connectivity index (χ1) is 8.52. The van der Waals surface area contributed by atoms with Crippen molar-refractivity contribution >= 4 is 18.1 Å². The Morgan fingerprint density at radius 2 is 1.94 bits per heavy atom. The van der Waals surface area contributed by atoms with E-state index in [0.29, 0.717) is 4.77 Å². The summed E-state index contributed by atoms with van der Waals surface area (Å²) in [4.78, 5) is 14.3. The van der Waals surface area contributed by atoms with Gasteiger partial charge in [0.05, 0.1) is 0 Å². The molecular weight excluding hydrogens is 248 g/mol. The van der Waals surface area contributed by atoms with Crippen molar-refractivity contribution in [2.45, 2.75) is 45.6 Å². The Morgan fingerprint density at radius 1 is 1.33 bits per heavy atom. The van der Waals surface area contributed by atoms with Gasteiger partial charge in [-0.25, -0.2) is 0 Å². The molecule has 1 aliphatic rings. The lowest BCUT2D eigenvalue weighted by Crippen LogP contribution is -2.34. The fourth-order valence-corrected chi connectivity index (χ4v) is 2.71. The molecule has 1 unspecified atom stereocenters. The van der Waals surface area contributed by atoms with Crippen LogP contribution in [0.15, 0.2) is 0 Å². The minimum atomic E-state index is -0.272. The molecule has 1 N–H and O–H groups in total. The van der Waals surface area contributed by atoms with Crippen LogP contribution in [-0.2, 0) is 4.79 Å². The zero-order chi connectivity index (χ0) is 13.3. The van der Waals surface area contributed by atoms with E-state index in [9.17, 15) is 4.79 Å². The lowest BCUT2D eigenvalue weighted by atomic mass is 10.2. The van der Waals surface area contributed by atoms with Gasteiger partial charge < -0.3 is 4.90 Å². The number of aromatic nitrogens is 3. The number of nitrogens with zero attached hydrogens (tertiary/aromatic N) is 3. The summed E-state index contributed by atoms with van der Waals surface area (Å²) in [6.45, 7) is 7.73. The van der Waals surface area contributed by atoms with E-state index in [4.69, 9.17) is 12.2 Å². The SMILES string of the molecule is CC(C)c1n[nH]c(=S)n1C(C)C(=O)N1CCCC1. The topological polar surface area (TPSA) is 53.9 Å².